The van der Waals surface area contributed by atoms with Gasteiger partial charge in [0.15, 0.2) is 0 Å². The van der Waals surface area contributed by atoms with Crippen molar-refractivity contribution in [2.75, 3.05) is 6.54 Å². The van der Waals surface area contributed by atoms with Crippen LogP contribution in [0.15, 0.2) is 5.11 Å². The van der Waals surface area contributed by atoms with E-state index in [0.29, 0.717) is 0 Å². The number of azide groups is 1. The zero-order valence-electron chi connectivity index (χ0n) is 7.07. The van der Waals surface area contributed by atoms with Crippen molar-refractivity contribution in [1.82, 2.24) is 4.90 Å². The molecular formula is C6H8N4O4. The topological polar surface area (TPSA) is 127 Å². The number of nitrogens with zero attached hydrogens (tertiary/aromatic N) is 4. The summed E-state index contributed by atoms with van der Waals surface area (Å²) in [5, 5.41) is 20.6. The highest BCUT2D eigenvalue weighted by Gasteiger charge is 2.41. The predicted octanol–water partition coefficient (Wildman–Crippen LogP) is 0.502. The summed E-state index contributed by atoms with van der Waals surface area (Å²) in [4.78, 5) is 24.6. The molecule has 2 atom stereocenters. The summed E-state index contributed by atoms with van der Waals surface area (Å²) in [7, 11) is 0. The van der Waals surface area contributed by atoms with Gasteiger partial charge in [-0.1, -0.05) is 5.11 Å². The minimum Gasteiger partial charge on any atom is -0.480 e. The van der Waals surface area contributed by atoms with Gasteiger partial charge in [-0.25, -0.2) is 9.59 Å². The van der Waals surface area contributed by atoms with Crippen LogP contribution in [-0.2, 0) is 4.79 Å². The third-order valence-electron chi connectivity index (χ3n) is 2.06. The molecule has 0 aliphatic carbocycles. The van der Waals surface area contributed by atoms with Gasteiger partial charge >= 0.3 is 12.1 Å². The first kappa shape index (κ1) is 10.1. The predicted molar refractivity (Wildman–Crippen MR) is 43.7 cm³/mol. The maximum absolute atomic E-state index is 10.7. The number of carboxylic acid groups (broad SMARTS) is 2. The Kier molecular flexibility index (Phi) is 2.78. The molecule has 1 saturated heterocycles. The summed E-state index contributed by atoms with van der Waals surface area (Å²) in [6.45, 7) is 0.0794. The lowest BCUT2D eigenvalue weighted by molar-refractivity contribution is -0.141. The summed E-state index contributed by atoms with van der Waals surface area (Å²) in [5.74, 6) is -1.29. The molecule has 1 amide bonds. The third kappa shape index (κ3) is 1.69. The molecule has 2 N–H and O–H groups in total. The second-order valence-corrected chi connectivity index (χ2v) is 2.82. The maximum Gasteiger partial charge on any atom is 0.408 e. The molecule has 1 rings (SSSR count). The summed E-state index contributed by atoms with van der Waals surface area (Å²) in [5.41, 5.74) is 8.15. The molecular weight excluding hydrogens is 192 g/mol. The van der Waals surface area contributed by atoms with Crippen LogP contribution in [0.5, 0.6) is 0 Å². The quantitative estimate of drug-likeness (QED) is 0.382. The largest absolute Gasteiger partial charge is 0.480 e. The van der Waals surface area contributed by atoms with Gasteiger partial charge in [0.25, 0.3) is 0 Å². The highest BCUT2D eigenvalue weighted by Crippen LogP contribution is 2.21. The molecule has 1 aliphatic heterocycles. The number of hydrogen-bond donors (Lipinski definition) is 2. The number of carboxylic acids is 1. The molecule has 1 aliphatic rings. The van der Waals surface area contributed by atoms with E-state index in [1.165, 1.54) is 0 Å². The van der Waals surface area contributed by atoms with Gasteiger partial charge < -0.3 is 10.2 Å². The number of aliphatic carboxylic acids is 1. The summed E-state index contributed by atoms with van der Waals surface area (Å²) in [6, 6.07) is -2.07. The van der Waals surface area contributed by atoms with Crippen molar-refractivity contribution < 1.29 is 19.8 Å². The zero-order chi connectivity index (χ0) is 10.7. The number of hydrogen-bond acceptors (Lipinski definition) is 3. The minimum atomic E-state index is -1.31. The normalized spacial score (nSPS) is 25.6. The van der Waals surface area contributed by atoms with Crippen LogP contribution in [-0.4, -0.2) is 45.8 Å². The second kappa shape index (κ2) is 3.84. The Balaban J connectivity index is 2.90. The van der Waals surface area contributed by atoms with E-state index in [1.807, 2.05) is 0 Å². The lowest BCUT2D eigenvalue weighted by atomic mass is 10.1. The van der Waals surface area contributed by atoms with Gasteiger partial charge in [0.1, 0.15) is 6.04 Å². The fourth-order valence-electron chi connectivity index (χ4n) is 1.48. The molecule has 1 heterocycles. The van der Waals surface area contributed by atoms with E-state index in [4.69, 9.17) is 15.7 Å². The van der Waals surface area contributed by atoms with Crippen molar-refractivity contribution in [3.63, 3.8) is 0 Å². The molecule has 0 radical (unpaired) electrons. The minimum absolute atomic E-state index is 0.0794. The van der Waals surface area contributed by atoms with E-state index in [1.54, 1.807) is 0 Å². The number of likely N-dealkylation sites (tertiary alicyclic amines) is 1. The molecule has 1 fully saturated rings. The van der Waals surface area contributed by atoms with E-state index in [-0.39, 0.29) is 13.0 Å². The molecule has 8 heteroatoms. The van der Waals surface area contributed by atoms with E-state index in [9.17, 15) is 9.59 Å². The number of rotatable bonds is 2. The summed E-state index contributed by atoms with van der Waals surface area (Å²) >= 11 is 0. The first-order chi connectivity index (χ1) is 6.57. The second-order valence-electron chi connectivity index (χ2n) is 2.82. The monoisotopic (exact) mass is 200 g/mol. The molecule has 0 saturated carbocycles. The highest BCUT2D eigenvalue weighted by atomic mass is 16.4. The fraction of sp³-hybridized carbons (Fsp3) is 0.667. The molecule has 14 heavy (non-hydrogen) atoms. The standard InChI is InChI=1S/C6H8N4O4/c7-9-8-3-1-2-10(6(13)14)4(3)5(11)12/h3-4H,1-2H2,(H,11,12)(H,13,14)/t3-,4+/m1/s1. The Morgan fingerprint density at radius 1 is 1.50 bits per heavy atom. The molecule has 0 aromatic heterocycles. The van der Waals surface area contributed by atoms with Crippen molar-refractivity contribution in [3.05, 3.63) is 10.4 Å². The van der Waals surface area contributed by atoms with Gasteiger partial charge in [-0.3, -0.25) is 4.90 Å². The van der Waals surface area contributed by atoms with E-state index >= 15 is 0 Å². The number of amides is 1. The van der Waals surface area contributed by atoms with E-state index < -0.39 is 24.1 Å². The lowest BCUT2D eigenvalue weighted by Gasteiger charge is -2.19. The molecule has 0 aromatic rings. The van der Waals surface area contributed by atoms with Crippen molar-refractivity contribution in [3.8, 4) is 0 Å². The van der Waals surface area contributed by atoms with Crippen LogP contribution in [0.25, 0.3) is 10.4 Å². The average molecular weight is 200 g/mol. The Morgan fingerprint density at radius 2 is 2.14 bits per heavy atom. The van der Waals surface area contributed by atoms with Gasteiger partial charge in [-0.15, -0.1) is 0 Å². The fourth-order valence-corrected chi connectivity index (χ4v) is 1.48. The summed E-state index contributed by atoms with van der Waals surface area (Å²) < 4.78 is 0. The van der Waals surface area contributed by atoms with Gasteiger partial charge in [0.05, 0.1) is 6.04 Å². The Labute approximate surface area is 78.4 Å². The molecule has 76 valence electrons. The lowest BCUT2D eigenvalue weighted by Crippen LogP contribution is -2.43. The van der Waals surface area contributed by atoms with E-state index in [2.05, 4.69) is 10.0 Å². The van der Waals surface area contributed by atoms with Crippen LogP contribution in [0.3, 0.4) is 0 Å². The average Bonchev–Trinajstić information content (AvgIpc) is 2.48. The third-order valence-corrected chi connectivity index (χ3v) is 2.06. The highest BCUT2D eigenvalue weighted by molar-refractivity contribution is 5.81. The van der Waals surface area contributed by atoms with Crippen molar-refractivity contribution in [1.29, 1.82) is 0 Å². The van der Waals surface area contributed by atoms with Crippen LogP contribution in [0.4, 0.5) is 4.79 Å². The zero-order valence-corrected chi connectivity index (χ0v) is 7.07. The Hall–Kier alpha value is -1.95. The van der Waals surface area contributed by atoms with Crippen LogP contribution in [0.1, 0.15) is 6.42 Å². The Morgan fingerprint density at radius 3 is 2.57 bits per heavy atom. The van der Waals surface area contributed by atoms with Gasteiger partial charge in [-0.05, 0) is 12.0 Å². The maximum atomic E-state index is 10.7. The van der Waals surface area contributed by atoms with Crippen LogP contribution in [0.2, 0.25) is 0 Å². The van der Waals surface area contributed by atoms with Crippen molar-refractivity contribution >= 4 is 12.1 Å². The molecule has 0 bridgehead atoms. The first-order valence-electron chi connectivity index (χ1n) is 3.84. The van der Waals surface area contributed by atoms with Crippen molar-refractivity contribution in [2.24, 2.45) is 5.11 Å². The SMILES string of the molecule is [N-]=[N+]=N[C@@H]1CCN(C(=O)O)[C@@H]1C(=O)O. The van der Waals surface area contributed by atoms with E-state index in [0.717, 1.165) is 4.90 Å². The van der Waals surface area contributed by atoms with Crippen LogP contribution in [0, 0.1) is 0 Å². The van der Waals surface area contributed by atoms with Gasteiger partial charge in [-0.2, -0.15) is 0 Å². The first-order valence-corrected chi connectivity index (χ1v) is 3.84. The molecule has 0 unspecified atom stereocenters. The Bertz CT molecular complexity index is 301. The molecule has 8 nitrogen and oxygen atoms in total. The van der Waals surface area contributed by atoms with Crippen molar-refractivity contribution in [2.45, 2.75) is 18.5 Å². The van der Waals surface area contributed by atoms with Gasteiger partial charge in [0.2, 0.25) is 0 Å². The van der Waals surface area contributed by atoms with Gasteiger partial charge in [0, 0.05) is 11.5 Å². The smallest absolute Gasteiger partial charge is 0.408 e. The molecule has 0 aromatic carbocycles. The van der Waals surface area contributed by atoms with Crippen LogP contribution >= 0.6 is 0 Å². The summed E-state index contributed by atoms with van der Waals surface area (Å²) in [6.07, 6.45) is -1.07. The molecule has 0 spiro atoms. The van der Waals surface area contributed by atoms with Crippen LogP contribution < -0.4 is 0 Å². The number of carbonyl (C=O) groups is 2.